The second kappa shape index (κ2) is 6.17. The van der Waals surface area contributed by atoms with Crippen molar-refractivity contribution in [3.8, 4) is 0 Å². The standard InChI is InChI=1S/C14H28N2O/c1-11(2)13-10-16(7-4-8-17-3)14(9-15-13)12-5-6-12/h11-15H,4-10H2,1-3H3. The first-order valence-electron chi connectivity index (χ1n) is 7.18. The molecule has 1 saturated carbocycles. The van der Waals surface area contributed by atoms with Crippen LogP contribution < -0.4 is 5.32 Å². The average Bonchev–Trinajstić information content (AvgIpc) is 3.13. The van der Waals surface area contributed by atoms with Crippen LogP contribution in [0.5, 0.6) is 0 Å². The minimum absolute atomic E-state index is 0.674. The van der Waals surface area contributed by atoms with E-state index in [2.05, 4.69) is 24.1 Å². The predicted octanol–water partition coefficient (Wildman–Crippen LogP) is 1.73. The lowest BCUT2D eigenvalue weighted by Crippen LogP contribution is -2.59. The van der Waals surface area contributed by atoms with Crippen LogP contribution in [0.15, 0.2) is 0 Å². The van der Waals surface area contributed by atoms with Crippen molar-refractivity contribution < 1.29 is 4.74 Å². The van der Waals surface area contributed by atoms with Gasteiger partial charge in [0.15, 0.2) is 0 Å². The predicted molar refractivity (Wildman–Crippen MR) is 71.2 cm³/mol. The van der Waals surface area contributed by atoms with E-state index in [1.165, 1.54) is 38.9 Å². The molecule has 17 heavy (non-hydrogen) atoms. The first-order valence-corrected chi connectivity index (χ1v) is 7.18. The van der Waals surface area contributed by atoms with E-state index in [1.54, 1.807) is 7.11 Å². The molecule has 0 spiro atoms. The molecule has 1 aliphatic heterocycles. The first-order chi connectivity index (χ1) is 8.22. The van der Waals surface area contributed by atoms with Gasteiger partial charge in [-0.2, -0.15) is 0 Å². The Bertz CT molecular complexity index is 228. The number of hydrogen-bond donors (Lipinski definition) is 1. The molecule has 1 N–H and O–H groups in total. The third-order valence-electron chi connectivity index (χ3n) is 4.25. The number of hydrogen-bond acceptors (Lipinski definition) is 3. The first kappa shape index (κ1) is 13.3. The molecular formula is C14H28N2O. The third kappa shape index (κ3) is 3.67. The van der Waals surface area contributed by atoms with Gasteiger partial charge in [-0.05, 0) is 31.1 Å². The van der Waals surface area contributed by atoms with E-state index in [-0.39, 0.29) is 0 Å². The van der Waals surface area contributed by atoms with Gasteiger partial charge >= 0.3 is 0 Å². The van der Waals surface area contributed by atoms with Crippen LogP contribution in [-0.2, 0) is 4.74 Å². The number of rotatable bonds is 6. The smallest absolute Gasteiger partial charge is 0.0474 e. The molecule has 100 valence electrons. The van der Waals surface area contributed by atoms with Gasteiger partial charge in [-0.15, -0.1) is 0 Å². The Balaban J connectivity index is 1.85. The van der Waals surface area contributed by atoms with Crippen LogP contribution in [0.3, 0.4) is 0 Å². The van der Waals surface area contributed by atoms with Crippen LogP contribution in [0.25, 0.3) is 0 Å². The second-order valence-electron chi connectivity index (χ2n) is 6.00. The molecule has 2 unspecified atom stereocenters. The van der Waals surface area contributed by atoms with Crippen LogP contribution in [0, 0.1) is 11.8 Å². The van der Waals surface area contributed by atoms with Crippen LogP contribution in [0.2, 0.25) is 0 Å². The molecule has 1 saturated heterocycles. The molecule has 2 aliphatic rings. The Kier molecular flexibility index (Phi) is 4.83. The Morgan fingerprint density at radius 3 is 2.71 bits per heavy atom. The highest BCUT2D eigenvalue weighted by atomic mass is 16.5. The number of nitrogens with one attached hydrogen (secondary N) is 1. The summed E-state index contributed by atoms with van der Waals surface area (Å²) in [5.74, 6) is 1.71. The summed E-state index contributed by atoms with van der Waals surface area (Å²) in [5.41, 5.74) is 0. The fourth-order valence-corrected chi connectivity index (χ4v) is 2.92. The molecule has 1 aliphatic carbocycles. The Morgan fingerprint density at radius 2 is 2.12 bits per heavy atom. The summed E-state index contributed by atoms with van der Waals surface area (Å²) in [6.07, 6.45) is 4.06. The van der Waals surface area contributed by atoms with Gasteiger partial charge in [-0.3, -0.25) is 4.90 Å². The SMILES string of the molecule is COCCCN1CC(C(C)C)NCC1C1CC1. The lowest BCUT2D eigenvalue weighted by atomic mass is 9.97. The van der Waals surface area contributed by atoms with E-state index in [0.717, 1.165) is 24.5 Å². The van der Waals surface area contributed by atoms with Crippen molar-refractivity contribution >= 4 is 0 Å². The summed E-state index contributed by atoms with van der Waals surface area (Å²) in [4.78, 5) is 2.72. The zero-order chi connectivity index (χ0) is 12.3. The van der Waals surface area contributed by atoms with Crippen LogP contribution in [0.1, 0.15) is 33.1 Å². The maximum absolute atomic E-state index is 5.18. The van der Waals surface area contributed by atoms with Gasteiger partial charge in [-0.25, -0.2) is 0 Å². The van der Waals surface area contributed by atoms with Gasteiger partial charge in [0.05, 0.1) is 0 Å². The largest absolute Gasteiger partial charge is 0.385 e. The Hall–Kier alpha value is -0.120. The molecule has 2 rings (SSSR count). The molecule has 3 heteroatoms. The van der Waals surface area contributed by atoms with Crippen LogP contribution in [0.4, 0.5) is 0 Å². The summed E-state index contributed by atoms with van der Waals surface area (Å²) in [6, 6.07) is 1.47. The lowest BCUT2D eigenvalue weighted by molar-refractivity contribution is 0.0866. The minimum Gasteiger partial charge on any atom is -0.385 e. The molecule has 0 bridgehead atoms. The fourth-order valence-electron chi connectivity index (χ4n) is 2.92. The van der Waals surface area contributed by atoms with Crippen molar-refractivity contribution in [1.82, 2.24) is 10.2 Å². The third-order valence-corrected chi connectivity index (χ3v) is 4.25. The molecule has 2 fully saturated rings. The summed E-state index contributed by atoms with van der Waals surface area (Å²) in [7, 11) is 1.80. The fraction of sp³-hybridized carbons (Fsp3) is 1.00. The van der Waals surface area contributed by atoms with Crippen LogP contribution in [-0.4, -0.2) is 50.3 Å². The molecule has 0 aromatic carbocycles. The highest BCUT2D eigenvalue weighted by Gasteiger charge is 2.38. The molecule has 2 atom stereocenters. The highest BCUT2D eigenvalue weighted by Crippen LogP contribution is 2.36. The number of nitrogens with zero attached hydrogens (tertiary/aromatic N) is 1. The monoisotopic (exact) mass is 240 g/mol. The van der Waals surface area contributed by atoms with Gasteiger partial charge in [-0.1, -0.05) is 13.8 Å². The van der Waals surface area contributed by atoms with E-state index in [9.17, 15) is 0 Å². The molecule has 0 aromatic heterocycles. The highest BCUT2D eigenvalue weighted by molar-refractivity contribution is 4.95. The van der Waals surface area contributed by atoms with E-state index in [4.69, 9.17) is 4.74 Å². The van der Waals surface area contributed by atoms with Crippen molar-refractivity contribution in [1.29, 1.82) is 0 Å². The number of ether oxygens (including phenoxy) is 1. The zero-order valence-electron chi connectivity index (χ0n) is 11.6. The normalized spacial score (nSPS) is 31.1. The van der Waals surface area contributed by atoms with Gasteiger partial charge < -0.3 is 10.1 Å². The van der Waals surface area contributed by atoms with E-state index in [0.29, 0.717) is 6.04 Å². The Labute approximate surface area is 106 Å². The molecule has 0 aromatic rings. The van der Waals surface area contributed by atoms with Crippen molar-refractivity contribution in [2.24, 2.45) is 11.8 Å². The van der Waals surface area contributed by atoms with Gasteiger partial charge in [0.25, 0.3) is 0 Å². The van der Waals surface area contributed by atoms with Gasteiger partial charge in [0.2, 0.25) is 0 Å². The number of piperazine rings is 1. The van der Waals surface area contributed by atoms with E-state index < -0.39 is 0 Å². The molecule has 0 radical (unpaired) electrons. The maximum Gasteiger partial charge on any atom is 0.0474 e. The van der Waals surface area contributed by atoms with E-state index in [1.807, 2.05) is 0 Å². The minimum atomic E-state index is 0.674. The molecule has 1 heterocycles. The quantitative estimate of drug-likeness (QED) is 0.716. The second-order valence-corrected chi connectivity index (χ2v) is 6.00. The number of methoxy groups -OCH3 is 1. The summed E-state index contributed by atoms with van der Waals surface area (Å²) in [5, 5.41) is 3.74. The topological polar surface area (TPSA) is 24.5 Å². The summed E-state index contributed by atoms with van der Waals surface area (Å²) < 4.78 is 5.18. The Morgan fingerprint density at radius 1 is 1.35 bits per heavy atom. The van der Waals surface area contributed by atoms with Crippen molar-refractivity contribution in [3.05, 3.63) is 0 Å². The summed E-state index contributed by atoms with van der Waals surface area (Å²) in [6.45, 7) is 9.17. The molecule has 0 amide bonds. The van der Waals surface area contributed by atoms with E-state index >= 15 is 0 Å². The van der Waals surface area contributed by atoms with Crippen LogP contribution >= 0.6 is 0 Å². The van der Waals surface area contributed by atoms with Crippen molar-refractivity contribution in [2.75, 3.05) is 33.4 Å². The van der Waals surface area contributed by atoms with Gasteiger partial charge in [0.1, 0.15) is 0 Å². The average molecular weight is 240 g/mol. The lowest BCUT2D eigenvalue weighted by Gasteiger charge is -2.42. The summed E-state index contributed by atoms with van der Waals surface area (Å²) >= 11 is 0. The zero-order valence-corrected chi connectivity index (χ0v) is 11.6. The molecular weight excluding hydrogens is 212 g/mol. The maximum atomic E-state index is 5.18. The van der Waals surface area contributed by atoms with Crippen molar-refractivity contribution in [3.63, 3.8) is 0 Å². The van der Waals surface area contributed by atoms with Gasteiger partial charge in [0, 0.05) is 45.4 Å². The molecule has 3 nitrogen and oxygen atoms in total. The van der Waals surface area contributed by atoms with Crippen molar-refractivity contribution in [2.45, 2.75) is 45.2 Å².